The molecule has 5 nitrogen and oxygen atoms in total. The topological polar surface area (TPSA) is 75.9 Å². The van der Waals surface area contributed by atoms with Crippen LogP contribution in [-0.4, -0.2) is 9.97 Å². The molecule has 0 radical (unpaired) electrons. The molecule has 0 saturated carbocycles. The smallest absolute Gasteiger partial charge is 0.142 e. The average Bonchev–Trinajstić information content (AvgIpc) is 2.73. The first kappa shape index (κ1) is 10.8. The van der Waals surface area contributed by atoms with Crippen LogP contribution in [0.5, 0.6) is 0 Å². The number of anilines is 2. The summed E-state index contributed by atoms with van der Waals surface area (Å²) < 4.78 is 0. The molecular weight excluding hydrogens is 222 g/mol. The highest BCUT2D eigenvalue weighted by atomic mass is 32.1. The maximum atomic E-state index is 5.28. The molecule has 0 atom stereocenters. The SMILES string of the molecule is Cc1nc(CNc2cccc(NN)n2)cs1. The quantitative estimate of drug-likeness (QED) is 0.556. The van der Waals surface area contributed by atoms with Gasteiger partial charge < -0.3 is 10.7 Å². The van der Waals surface area contributed by atoms with Crippen molar-refractivity contribution in [3.05, 3.63) is 34.3 Å². The summed E-state index contributed by atoms with van der Waals surface area (Å²) in [5.41, 5.74) is 3.53. The Bertz CT molecular complexity index is 468. The summed E-state index contributed by atoms with van der Waals surface area (Å²) in [4.78, 5) is 8.60. The molecule has 0 aliphatic rings. The first-order valence-corrected chi connectivity index (χ1v) is 5.74. The van der Waals surface area contributed by atoms with Gasteiger partial charge in [-0.25, -0.2) is 15.8 Å². The second-order valence-electron chi connectivity index (χ2n) is 3.26. The van der Waals surface area contributed by atoms with Gasteiger partial charge >= 0.3 is 0 Å². The van der Waals surface area contributed by atoms with Crippen molar-refractivity contribution < 1.29 is 0 Å². The first-order chi connectivity index (χ1) is 7.78. The fourth-order valence-electron chi connectivity index (χ4n) is 1.28. The zero-order valence-corrected chi connectivity index (χ0v) is 9.71. The normalized spacial score (nSPS) is 10.1. The van der Waals surface area contributed by atoms with Crippen LogP contribution in [0.2, 0.25) is 0 Å². The van der Waals surface area contributed by atoms with E-state index in [0.29, 0.717) is 12.4 Å². The molecular formula is C10H13N5S. The monoisotopic (exact) mass is 235 g/mol. The Morgan fingerprint density at radius 1 is 1.31 bits per heavy atom. The van der Waals surface area contributed by atoms with E-state index in [2.05, 4.69) is 20.7 Å². The Morgan fingerprint density at radius 3 is 2.81 bits per heavy atom. The second kappa shape index (κ2) is 4.91. The molecule has 0 aromatic carbocycles. The van der Waals surface area contributed by atoms with Gasteiger partial charge in [0.1, 0.15) is 11.6 Å². The zero-order chi connectivity index (χ0) is 11.4. The summed E-state index contributed by atoms with van der Waals surface area (Å²) in [6, 6.07) is 5.58. The molecule has 2 aromatic rings. The van der Waals surface area contributed by atoms with Crippen molar-refractivity contribution in [2.24, 2.45) is 5.84 Å². The van der Waals surface area contributed by atoms with E-state index in [1.807, 2.05) is 24.4 Å². The number of aryl methyl sites for hydroxylation is 1. The molecule has 2 heterocycles. The Labute approximate surface area is 97.7 Å². The maximum Gasteiger partial charge on any atom is 0.142 e. The maximum absolute atomic E-state index is 5.28. The molecule has 0 fully saturated rings. The van der Waals surface area contributed by atoms with Gasteiger partial charge in [-0.1, -0.05) is 6.07 Å². The molecule has 0 spiro atoms. The molecule has 2 aromatic heterocycles. The Balaban J connectivity index is 1.99. The number of hydrogen-bond acceptors (Lipinski definition) is 6. The number of rotatable bonds is 4. The lowest BCUT2D eigenvalue weighted by atomic mass is 10.4. The van der Waals surface area contributed by atoms with Gasteiger partial charge in [0.2, 0.25) is 0 Å². The van der Waals surface area contributed by atoms with E-state index in [1.54, 1.807) is 17.4 Å². The largest absolute Gasteiger partial charge is 0.364 e. The van der Waals surface area contributed by atoms with Gasteiger partial charge in [0.05, 0.1) is 17.2 Å². The number of nitrogen functional groups attached to an aromatic ring is 1. The van der Waals surface area contributed by atoms with Crippen molar-refractivity contribution in [3.8, 4) is 0 Å². The van der Waals surface area contributed by atoms with Gasteiger partial charge in [-0.2, -0.15) is 0 Å². The predicted octanol–water partition coefficient (Wildman–Crippen LogP) is 1.74. The van der Waals surface area contributed by atoms with Gasteiger partial charge in [-0.15, -0.1) is 11.3 Å². The third-order valence-corrected chi connectivity index (χ3v) is 2.84. The lowest BCUT2D eigenvalue weighted by molar-refractivity contribution is 1.04. The summed E-state index contributed by atoms with van der Waals surface area (Å²) in [6.45, 7) is 2.66. The highest BCUT2D eigenvalue weighted by Gasteiger charge is 1.99. The van der Waals surface area contributed by atoms with E-state index in [0.717, 1.165) is 16.5 Å². The number of nitrogens with one attached hydrogen (secondary N) is 2. The fourth-order valence-corrected chi connectivity index (χ4v) is 1.90. The number of hydrazine groups is 1. The van der Waals surface area contributed by atoms with Crippen LogP contribution in [0.25, 0.3) is 0 Å². The highest BCUT2D eigenvalue weighted by molar-refractivity contribution is 7.09. The summed E-state index contributed by atoms with van der Waals surface area (Å²) in [5.74, 6) is 6.70. The minimum absolute atomic E-state index is 0.638. The second-order valence-corrected chi connectivity index (χ2v) is 4.33. The molecule has 0 bridgehead atoms. The molecule has 2 rings (SSSR count). The molecule has 0 aliphatic heterocycles. The molecule has 16 heavy (non-hydrogen) atoms. The summed E-state index contributed by atoms with van der Waals surface area (Å²) >= 11 is 1.64. The number of hydrogen-bond donors (Lipinski definition) is 3. The molecule has 0 aliphatic carbocycles. The van der Waals surface area contributed by atoms with Gasteiger partial charge in [0, 0.05) is 5.38 Å². The third-order valence-electron chi connectivity index (χ3n) is 2.01. The van der Waals surface area contributed by atoms with E-state index >= 15 is 0 Å². The summed E-state index contributed by atoms with van der Waals surface area (Å²) in [7, 11) is 0. The van der Waals surface area contributed by atoms with Crippen molar-refractivity contribution in [1.29, 1.82) is 0 Å². The third kappa shape index (κ3) is 2.68. The van der Waals surface area contributed by atoms with Crippen molar-refractivity contribution in [3.63, 3.8) is 0 Å². The van der Waals surface area contributed by atoms with E-state index in [4.69, 9.17) is 5.84 Å². The summed E-state index contributed by atoms with van der Waals surface area (Å²) in [6.07, 6.45) is 0. The van der Waals surface area contributed by atoms with Gasteiger partial charge in [-0.3, -0.25) is 0 Å². The van der Waals surface area contributed by atoms with E-state index in [9.17, 15) is 0 Å². The van der Waals surface area contributed by atoms with Crippen LogP contribution in [0.1, 0.15) is 10.7 Å². The number of nitrogens with two attached hydrogens (primary N) is 1. The molecule has 0 amide bonds. The molecule has 0 unspecified atom stereocenters. The van der Waals surface area contributed by atoms with Gasteiger partial charge in [0.25, 0.3) is 0 Å². The number of aromatic nitrogens is 2. The molecule has 84 valence electrons. The van der Waals surface area contributed by atoms with Crippen LogP contribution < -0.4 is 16.6 Å². The predicted molar refractivity (Wildman–Crippen MR) is 66.2 cm³/mol. The fraction of sp³-hybridized carbons (Fsp3) is 0.200. The summed E-state index contributed by atoms with van der Waals surface area (Å²) in [5, 5.41) is 6.29. The minimum Gasteiger partial charge on any atom is -0.364 e. The van der Waals surface area contributed by atoms with Crippen molar-refractivity contribution >= 4 is 23.0 Å². The van der Waals surface area contributed by atoms with E-state index < -0.39 is 0 Å². The van der Waals surface area contributed by atoms with Crippen LogP contribution in [0.4, 0.5) is 11.6 Å². The molecule has 4 N–H and O–H groups in total. The van der Waals surface area contributed by atoms with Crippen molar-refractivity contribution in [2.45, 2.75) is 13.5 Å². The van der Waals surface area contributed by atoms with E-state index in [-0.39, 0.29) is 0 Å². The van der Waals surface area contributed by atoms with Crippen molar-refractivity contribution in [2.75, 3.05) is 10.7 Å². The standard InChI is InChI=1S/C10H13N5S/c1-7-13-8(6-16-7)5-12-9-3-2-4-10(14-9)15-11/h2-4,6H,5,11H2,1H3,(H2,12,14,15). The van der Waals surface area contributed by atoms with Crippen LogP contribution in [0.3, 0.4) is 0 Å². The number of pyridine rings is 1. The first-order valence-electron chi connectivity index (χ1n) is 4.86. The number of nitrogens with zero attached hydrogens (tertiary/aromatic N) is 2. The Kier molecular flexibility index (Phi) is 3.33. The van der Waals surface area contributed by atoms with E-state index in [1.165, 1.54) is 0 Å². The number of thiazole rings is 1. The Morgan fingerprint density at radius 2 is 2.12 bits per heavy atom. The lowest BCUT2D eigenvalue weighted by Crippen LogP contribution is -2.09. The van der Waals surface area contributed by atoms with Crippen LogP contribution >= 0.6 is 11.3 Å². The van der Waals surface area contributed by atoms with Crippen LogP contribution in [0.15, 0.2) is 23.6 Å². The highest BCUT2D eigenvalue weighted by Crippen LogP contribution is 2.11. The van der Waals surface area contributed by atoms with Gasteiger partial charge in [0.15, 0.2) is 0 Å². The lowest BCUT2D eigenvalue weighted by Gasteiger charge is -2.05. The minimum atomic E-state index is 0.638. The molecule has 6 heteroatoms. The van der Waals surface area contributed by atoms with Crippen LogP contribution in [0, 0.1) is 6.92 Å². The van der Waals surface area contributed by atoms with Crippen LogP contribution in [-0.2, 0) is 6.54 Å². The average molecular weight is 235 g/mol. The molecule has 0 saturated heterocycles. The van der Waals surface area contributed by atoms with Gasteiger partial charge in [-0.05, 0) is 19.1 Å². The zero-order valence-electron chi connectivity index (χ0n) is 8.90. The van der Waals surface area contributed by atoms with Crippen molar-refractivity contribution in [1.82, 2.24) is 9.97 Å². The Hall–Kier alpha value is -1.66.